The van der Waals surface area contributed by atoms with Crippen LogP contribution in [0.15, 0.2) is 52.8 Å². The highest BCUT2D eigenvalue weighted by molar-refractivity contribution is 6.01. The summed E-state index contributed by atoms with van der Waals surface area (Å²) < 4.78 is 31.5. The molecule has 1 aromatic heterocycles. The molecule has 204 valence electrons. The minimum Gasteiger partial charge on any atom is -0.384 e. The first-order valence-corrected chi connectivity index (χ1v) is 12.9. The molecule has 1 aromatic carbocycles. The van der Waals surface area contributed by atoms with Crippen molar-refractivity contribution < 1.29 is 13.9 Å². The fraction of sp³-hybridized carbons (Fsp3) is 0.483. The summed E-state index contributed by atoms with van der Waals surface area (Å²) >= 11 is 0. The number of rotatable bonds is 12. The molecule has 0 spiro atoms. The minimum absolute atomic E-state index is 0.0243. The van der Waals surface area contributed by atoms with Gasteiger partial charge in [-0.3, -0.25) is 14.4 Å². The Morgan fingerprint density at radius 3 is 2.66 bits per heavy atom. The second-order valence-electron chi connectivity index (χ2n) is 10.6. The Hall–Kier alpha value is -3.51. The van der Waals surface area contributed by atoms with Crippen molar-refractivity contribution in [1.29, 1.82) is 5.26 Å². The Labute approximate surface area is 222 Å². The van der Waals surface area contributed by atoms with Gasteiger partial charge in [0, 0.05) is 17.7 Å². The second-order valence-corrected chi connectivity index (χ2v) is 10.6. The monoisotopic (exact) mass is 525 g/mol. The largest absolute Gasteiger partial charge is 0.384 e. The molecule has 2 atom stereocenters. The number of amidine groups is 1. The third-order valence-electron chi connectivity index (χ3n) is 7.57. The number of aliphatic hydroxyl groups is 1. The zero-order chi connectivity index (χ0) is 28.3. The molecule has 1 saturated carbocycles. The van der Waals surface area contributed by atoms with E-state index in [2.05, 4.69) is 31.5 Å². The molecule has 2 unspecified atom stereocenters. The lowest BCUT2D eigenvalue weighted by atomic mass is 9.88. The molecule has 3 rings (SSSR count). The Morgan fingerprint density at radius 1 is 1.39 bits per heavy atom. The summed E-state index contributed by atoms with van der Waals surface area (Å²) in [6.45, 7) is 9.04. The number of alkyl halides is 2. The first-order valence-electron chi connectivity index (χ1n) is 12.9. The van der Waals surface area contributed by atoms with E-state index in [9.17, 15) is 15.2 Å². The lowest BCUT2D eigenvalue weighted by Crippen LogP contribution is -2.42. The van der Waals surface area contributed by atoms with Gasteiger partial charge in [0.05, 0.1) is 23.6 Å². The highest BCUT2D eigenvalue weighted by atomic mass is 19.3. The number of anilines is 1. The third-order valence-corrected chi connectivity index (χ3v) is 7.57. The number of benzene rings is 1. The van der Waals surface area contributed by atoms with Gasteiger partial charge in [0.2, 0.25) is 0 Å². The highest BCUT2D eigenvalue weighted by Crippen LogP contribution is 2.46. The molecule has 1 fully saturated rings. The summed E-state index contributed by atoms with van der Waals surface area (Å²) in [5.74, 6) is -2.93. The van der Waals surface area contributed by atoms with Crippen molar-refractivity contribution in [2.24, 2.45) is 16.6 Å². The fourth-order valence-electron chi connectivity index (χ4n) is 4.42. The Morgan fingerprint density at radius 2 is 2.08 bits per heavy atom. The quantitative estimate of drug-likeness (QED) is 0.209. The van der Waals surface area contributed by atoms with E-state index in [1.165, 1.54) is 28.8 Å². The number of nitrogens with two attached hydrogens (primary N) is 2. The summed E-state index contributed by atoms with van der Waals surface area (Å²) in [7, 11) is 0. The number of halogens is 2. The molecule has 9 heteroatoms. The molecule has 1 heterocycles. The number of pyridine rings is 1. The number of aromatic nitrogens is 1. The average molecular weight is 526 g/mol. The number of hydrogen-bond acceptors (Lipinski definition) is 5. The van der Waals surface area contributed by atoms with E-state index < -0.39 is 16.9 Å². The van der Waals surface area contributed by atoms with Gasteiger partial charge < -0.3 is 16.6 Å². The summed E-state index contributed by atoms with van der Waals surface area (Å²) in [5.41, 5.74) is 10.1. The molecular formula is C29H37F2N5O2. The van der Waals surface area contributed by atoms with Gasteiger partial charge in [0.25, 0.3) is 5.56 Å². The predicted molar refractivity (Wildman–Crippen MR) is 146 cm³/mol. The number of nitriles is 1. The van der Waals surface area contributed by atoms with Crippen LogP contribution in [0.5, 0.6) is 0 Å². The number of nitrogens with zero attached hydrogens (tertiary/aromatic N) is 3. The van der Waals surface area contributed by atoms with Gasteiger partial charge in [-0.25, -0.2) is 0 Å². The van der Waals surface area contributed by atoms with Crippen molar-refractivity contribution in [2.75, 3.05) is 5.73 Å². The molecule has 0 saturated heterocycles. The van der Waals surface area contributed by atoms with Gasteiger partial charge in [-0.1, -0.05) is 44.5 Å². The van der Waals surface area contributed by atoms with Gasteiger partial charge in [-0.2, -0.15) is 14.0 Å². The molecule has 0 amide bonds. The lowest BCUT2D eigenvalue weighted by Gasteiger charge is -2.32. The maximum Gasteiger partial charge on any atom is 0.301 e. The summed E-state index contributed by atoms with van der Waals surface area (Å²) in [6.07, 6.45) is 3.82. The first-order chi connectivity index (χ1) is 17.8. The van der Waals surface area contributed by atoms with Crippen molar-refractivity contribution >= 4 is 11.7 Å². The van der Waals surface area contributed by atoms with E-state index in [4.69, 9.17) is 11.5 Å². The van der Waals surface area contributed by atoms with Crippen molar-refractivity contribution in [3.63, 3.8) is 0 Å². The van der Waals surface area contributed by atoms with E-state index >= 15 is 8.78 Å². The smallest absolute Gasteiger partial charge is 0.301 e. The lowest BCUT2D eigenvalue weighted by molar-refractivity contribution is -0.176. The topological polar surface area (TPSA) is 130 Å². The van der Waals surface area contributed by atoms with Gasteiger partial charge >= 0.3 is 5.92 Å². The van der Waals surface area contributed by atoms with Crippen LogP contribution >= 0.6 is 0 Å². The molecule has 1 aliphatic rings. The van der Waals surface area contributed by atoms with Gasteiger partial charge in [0.1, 0.15) is 17.3 Å². The van der Waals surface area contributed by atoms with E-state index in [1.54, 1.807) is 12.1 Å². The van der Waals surface area contributed by atoms with Crippen LogP contribution in [-0.4, -0.2) is 21.1 Å². The van der Waals surface area contributed by atoms with E-state index in [1.807, 2.05) is 0 Å². The van der Waals surface area contributed by atoms with Crippen LogP contribution < -0.4 is 17.0 Å². The molecule has 0 bridgehead atoms. The van der Waals surface area contributed by atoms with Crippen molar-refractivity contribution in [1.82, 2.24) is 4.57 Å². The van der Waals surface area contributed by atoms with Crippen LogP contribution in [0.3, 0.4) is 0 Å². The zero-order valence-corrected chi connectivity index (χ0v) is 22.3. The minimum atomic E-state index is -3.52. The van der Waals surface area contributed by atoms with Crippen molar-refractivity contribution in [2.45, 2.75) is 82.9 Å². The summed E-state index contributed by atoms with van der Waals surface area (Å²) in [4.78, 5) is 17.7. The maximum atomic E-state index is 15.0. The standard InChI is InChI=1S/C29H37F2N5O2/c1-5-11-27(4,38)29(30,31)21-9-7-8-20(15-21)17-35-24(33)22-16-23(28(18-32)12-13-28)26(37)36(25(22)34)14-10-19(3)6-2/h5,7-9,15-16,19,38H,1,6,10-14,17,34H2,2-4H3,(H2,33,35). The molecule has 5 N–H and O–H groups in total. The number of hydrogen-bond donors (Lipinski definition) is 3. The Bertz CT molecular complexity index is 1320. The highest BCUT2D eigenvalue weighted by Gasteiger charge is 2.49. The summed E-state index contributed by atoms with van der Waals surface area (Å²) in [6, 6.07) is 9.47. The average Bonchev–Trinajstić information content (AvgIpc) is 3.68. The van der Waals surface area contributed by atoms with Crippen LogP contribution in [0.1, 0.15) is 75.1 Å². The normalized spacial score (nSPS) is 17.3. The summed E-state index contributed by atoms with van der Waals surface area (Å²) in [5, 5.41) is 20.0. The Balaban J connectivity index is 1.98. The van der Waals surface area contributed by atoms with Crippen LogP contribution in [0.4, 0.5) is 14.6 Å². The van der Waals surface area contributed by atoms with Gasteiger partial charge in [-0.15, -0.1) is 6.58 Å². The van der Waals surface area contributed by atoms with E-state index in [-0.39, 0.29) is 35.7 Å². The molecule has 0 aliphatic heterocycles. The molecule has 7 nitrogen and oxygen atoms in total. The van der Waals surface area contributed by atoms with Crippen LogP contribution in [0.2, 0.25) is 0 Å². The zero-order valence-electron chi connectivity index (χ0n) is 22.3. The van der Waals surface area contributed by atoms with E-state index in [0.717, 1.165) is 19.8 Å². The fourth-order valence-corrected chi connectivity index (χ4v) is 4.42. The molecule has 1 aliphatic carbocycles. The first kappa shape index (κ1) is 29.1. The SMILES string of the molecule is C=CCC(C)(O)C(F)(F)c1cccc(CN=C(N)c2cc(C3(C#N)CC3)c(=O)n(CCC(C)CC)c2N)c1. The van der Waals surface area contributed by atoms with E-state index in [0.29, 0.717) is 42.0 Å². The Kier molecular flexibility index (Phi) is 8.47. The van der Waals surface area contributed by atoms with Crippen LogP contribution in [0.25, 0.3) is 0 Å². The van der Waals surface area contributed by atoms with Gasteiger partial charge in [-0.05, 0) is 56.2 Å². The van der Waals surface area contributed by atoms with Crippen molar-refractivity contribution in [3.8, 4) is 6.07 Å². The van der Waals surface area contributed by atoms with Gasteiger partial charge in [0.15, 0.2) is 0 Å². The third kappa shape index (κ3) is 5.65. The molecule has 2 aromatic rings. The second kappa shape index (κ2) is 11.1. The number of nitrogen functional groups attached to an aromatic ring is 1. The van der Waals surface area contributed by atoms with Crippen LogP contribution in [0, 0.1) is 17.2 Å². The molecular weight excluding hydrogens is 488 g/mol. The maximum absolute atomic E-state index is 15.0. The number of aliphatic imine (C=N–C) groups is 1. The molecule has 38 heavy (non-hydrogen) atoms. The predicted octanol–water partition coefficient (Wildman–Crippen LogP) is 4.75. The van der Waals surface area contributed by atoms with Crippen molar-refractivity contribution in [3.05, 3.63) is 75.6 Å². The molecule has 0 radical (unpaired) electrons. The van der Waals surface area contributed by atoms with Crippen LogP contribution in [-0.2, 0) is 24.4 Å².